The predicted molar refractivity (Wildman–Crippen MR) is 61.7 cm³/mol. The molecule has 0 saturated heterocycles. The van der Waals surface area contributed by atoms with Crippen molar-refractivity contribution in [2.75, 3.05) is 5.75 Å². The minimum atomic E-state index is -0.576. The third-order valence-corrected chi connectivity index (χ3v) is 3.51. The van der Waals surface area contributed by atoms with E-state index in [1.54, 1.807) is 11.8 Å². The molecule has 0 bridgehead atoms. The van der Waals surface area contributed by atoms with Crippen molar-refractivity contribution in [1.29, 1.82) is 0 Å². The van der Waals surface area contributed by atoms with Gasteiger partial charge in [-0.2, -0.15) is 0 Å². The van der Waals surface area contributed by atoms with Crippen molar-refractivity contribution in [3.8, 4) is 0 Å². The molecular weight excluding hydrogens is 212 g/mol. The second-order valence-electron chi connectivity index (χ2n) is 3.98. The zero-order chi connectivity index (χ0) is 11.4. The molecule has 0 spiro atoms. The van der Waals surface area contributed by atoms with Crippen molar-refractivity contribution >= 4 is 17.7 Å². The Kier molecular flexibility index (Phi) is 4.51. The molecule has 0 saturated carbocycles. The Morgan fingerprint density at radius 3 is 2.73 bits per heavy atom. The van der Waals surface area contributed by atoms with Crippen molar-refractivity contribution in [3.63, 3.8) is 0 Å². The quantitative estimate of drug-likeness (QED) is 0.582. The highest BCUT2D eigenvalue weighted by Gasteiger charge is 2.36. The van der Waals surface area contributed by atoms with E-state index in [-0.39, 0.29) is 17.8 Å². The Hall–Kier alpha value is -0.640. The molecule has 0 amide bonds. The summed E-state index contributed by atoms with van der Waals surface area (Å²) in [6.07, 6.45) is 1.95. The van der Waals surface area contributed by atoms with Crippen molar-refractivity contribution < 1.29 is 14.6 Å². The second-order valence-corrected chi connectivity index (χ2v) is 5.12. The zero-order valence-corrected chi connectivity index (χ0v) is 10.3. The van der Waals surface area contributed by atoms with Crippen LogP contribution in [0.5, 0.6) is 0 Å². The van der Waals surface area contributed by atoms with Gasteiger partial charge in [-0.3, -0.25) is 0 Å². The molecule has 0 aromatic heterocycles. The molecular formula is C11H18O3S. The van der Waals surface area contributed by atoms with Crippen LogP contribution in [0.15, 0.2) is 10.7 Å². The number of ether oxygens (including phenoxy) is 1. The van der Waals surface area contributed by atoms with Crippen LogP contribution in [-0.4, -0.2) is 22.9 Å². The molecule has 1 aliphatic rings. The molecule has 1 rings (SSSR count). The largest absolute Gasteiger partial charge is 0.501 e. The highest BCUT2D eigenvalue weighted by molar-refractivity contribution is 8.03. The highest BCUT2D eigenvalue weighted by atomic mass is 32.2. The zero-order valence-electron chi connectivity index (χ0n) is 9.45. The van der Waals surface area contributed by atoms with E-state index in [0.717, 1.165) is 18.6 Å². The van der Waals surface area contributed by atoms with E-state index >= 15 is 0 Å². The third-order valence-electron chi connectivity index (χ3n) is 2.28. The maximum Gasteiger partial charge on any atom is 0.375 e. The van der Waals surface area contributed by atoms with E-state index in [2.05, 4.69) is 6.92 Å². The number of thioether (sulfide) groups is 1. The lowest BCUT2D eigenvalue weighted by Crippen LogP contribution is -2.17. The summed E-state index contributed by atoms with van der Waals surface area (Å²) in [5.74, 6) is 0.376. The van der Waals surface area contributed by atoms with Gasteiger partial charge >= 0.3 is 5.97 Å². The molecule has 0 aromatic carbocycles. The Labute approximate surface area is 94.9 Å². The molecule has 0 fully saturated rings. The van der Waals surface area contributed by atoms with E-state index in [4.69, 9.17) is 4.74 Å². The van der Waals surface area contributed by atoms with Gasteiger partial charge in [0.2, 0.25) is 5.76 Å². The fourth-order valence-electron chi connectivity index (χ4n) is 1.38. The molecule has 0 aliphatic carbocycles. The summed E-state index contributed by atoms with van der Waals surface area (Å²) in [6, 6.07) is 0. The first-order valence-electron chi connectivity index (χ1n) is 5.34. The van der Waals surface area contributed by atoms with Crippen LogP contribution in [0.3, 0.4) is 0 Å². The lowest BCUT2D eigenvalue weighted by Gasteiger charge is -2.16. The van der Waals surface area contributed by atoms with Crippen LogP contribution in [-0.2, 0) is 9.53 Å². The Bertz CT molecular complexity index is 271. The summed E-state index contributed by atoms with van der Waals surface area (Å²) in [7, 11) is 0. The van der Waals surface area contributed by atoms with Crippen molar-refractivity contribution in [3.05, 3.63) is 10.7 Å². The standard InChI is InChI=1S/C11H18O3S/c1-4-5-6-15-10-8(12)11(13)14-9(10)7(2)3/h7,9,12H,4-6H2,1-3H3. The lowest BCUT2D eigenvalue weighted by molar-refractivity contribution is -0.143. The smallest absolute Gasteiger partial charge is 0.375 e. The van der Waals surface area contributed by atoms with Gasteiger partial charge in [0.05, 0.1) is 4.91 Å². The topological polar surface area (TPSA) is 46.5 Å². The first-order chi connectivity index (χ1) is 7.07. The molecule has 15 heavy (non-hydrogen) atoms. The third kappa shape index (κ3) is 2.91. The summed E-state index contributed by atoms with van der Waals surface area (Å²) < 4.78 is 5.09. The molecule has 1 N–H and O–H groups in total. The van der Waals surface area contributed by atoms with E-state index in [1.807, 2.05) is 13.8 Å². The number of rotatable bonds is 5. The van der Waals surface area contributed by atoms with Crippen LogP contribution < -0.4 is 0 Å². The summed E-state index contributed by atoms with van der Waals surface area (Å²) in [5, 5.41) is 9.56. The molecule has 4 heteroatoms. The maximum absolute atomic E-state index is 11.2. The minimum absolute atomic E-state index is 0.185. The van der Waals surface area contributed by atoms with Crippen LogP contribution >= 0.6 is 11.8 Å². The van der Waals surface area contributed by atoms with Gasteiger partial charge in [-0.15, -0.1) is 11.8 Å². The number of unbranched alkanes of at least 4 members (excludes halogenated alkanes) is 1. The summed E-state index contributed by atoms with van der Waals surface area (Å²) >= 11 is 1.54. The van der Waals surface area contributed by atoms with Gasteiger partial charge in [-0.1, -0.05) is 27.2 Å². The number of hydrogen-bond donors (Lipinski definition) is 1. The summed E-state index contributed by atoms with van der Waals surface area (Å²) in [4.78, 5) is 11.9. The fourth-order valence-corrected chi connectivity index (χ4v) is 2.73. The van der Waals surface area contributed by atoms with E-state index in [1.165, 1.54) is 0 Å². The second kappa shape index (κ2) is 5.45. The van der Waals surface area contributed by atoms with Crippen molar-refractivity contribution in [1.82, 2.24) is 0 Å². The average Bonchev–Trinajstić information content (AvgIpc) is 2.46. The fraction of sp³-hybridized carbons (Fsp3) is 0.727. The normalized spacial score (nSPS) is 21.3. The van der Waals surface area contributed by atoms with Crippen LogP contribution in [0.4, 0.5) is 0 Å². The van der Waals surface area contributed by atoms with Gasteiger partial charge in [-0.05, 0) is 18.1 Å². The van der Waals surface area contributed by atoms with Crippen LogP contribution in [0.25, 0.3) is 0 Å². The van der Waals surface area contributed by atoms with Gasteiger partial charge in [-0.25, -0.2) is 4.79 Å². The number of carbonyl (C=O) groups is 1. The summed E-state index contributed by atoms with van der Waals surface area (Å²) in [6.45, 7) is 6.08. The van der Waals surface area contributed by atoms with Crippen LogP contribution in [0.1, 0.15) is 33.6 Å². The monoisotopic (exact) mass is 230 g/mol. The van der Waals surface area contributed by atoms with Crippen LogP contribution in [0.2, 0.25) is 0 Å². The highest BCUT2D eigenvalue weighted by Crippen LogP contribution is 2.35. The van der Waals surface area contributed by atoms with Crippen molar-refractivity contribution in [2.45, 2.75) is 39.7 Å². The average molecular weight is 230 g/mol. The van der Waals surface area contributed by atoms with Gasteiger partial charge in [0.1, 0.15) is 6.10 Å². The molecule has 0 radical (unpaired) electrons. The van der Waals surface area contributed by atoms with Gasteiger partial charge in [0, 0.05) is 0 Å². The Morgan fingerprint density at radius 1 is 1.53 bits per heavy atom. The summed E-state index contributed by atoms with van der Waals surface area (Å²) in [5.41, 5.74) is 0. The molecule has 3 nitrogen and oxygen atoms in total. The molecule has 1 unspecified atom stereocenters. The lowest BCUT2D eigenvalue weighted by atomic mass is 10.1. The number of aliphatic hydroxyl groups excluding tert-OH is 1. The number of esters is 1. The van der Waals surface area contributed by atoms with E-state index in [9.17, 15) is 9.90 Å². The molecule has 86 valence electrons. The predicted octanol–water partition coefficient (Wildman–Crippen LogP) is 2.87. The first-order valence-corrected chi connectivity index (χ1v) is 6.33. The molecule has 0 aromatic rings. The minimum Gasteiger partial charge on any atom is -0.501 e. The van der Waals surface area contributed by atoms with Gasteiger partial charge < -0.3 is 9.84 Å². The number of hydrogen-bond acceptors (Lipinski definition) is 4. The number of aliphatic hydroxyl groups is 1. The van der Waals surface area contributed by atoms with Gasteiger partial charge in [0.15, 0.2) is 0 Å². The van der Waals surface area contributed by atoms with Crippen molar-refractivity contribution in [2.24, 2.45) is 5.92 Å². The number of carbonyl (C=O) groups excluding carboxylic acids is 1. The first kappa shape index (κ1) is 12.4. The Balaban J connectivity index is 2.66. The SMILES string of the molecule is CCCCSC1=C(O)C(=O)OC1C(C)C. The Morgan fingerprint density at radius 2 is 2.20 bits per heavy atom. The maximum atomic E-state index is 11.2. The van der Waals surface area contributed by atoms with Crippen LogP contribution in [0, 0.1) is 5.92 Å². The molecule has 1 atom stereocenters. The molecule has 1 aliphatic heterocycles. The molecule has 1 heterocycles. The van der Waals surface area contributed by atoms with E-state index in [0.29, 0.717) is 4.91 Å². The van der Waals surface area contributed by atoms with Gasteiger partial charge in [0.25, 0.3) is 0 Å². The number of cyclic esters (lactones) is 1. The van der Waals surface area contributed by atoms with E-state index < -0.39 is 5.97 Å².